The zero-order valence-electron chi connectivity index (χ0n) is 12.1. The van der Waals surface area contributed by atoms with Gasteiger partial charge >= 0.3 is 0 Å². The van der Waals surface area contributed by atoms with Crippen molar-refractivity contribution in [1.29, 1.82) is 0 Å². The summed E-state index contributed by atoms with van der Waals surface area (Å²) in [6, 6.07) is 11.0. The third kappa shape index (κ3) is 2.76. The average Bonchev–Trinajstić information content (AvgIpc) is 2.85. The van der Waals surface area contributed by atoms with E-state index in [1.807, 2.05) is 26.2 Å². The van der Waals surface area contributed by atoms with Gasteiger partial charge in [-0.05, 0) is 55.4 Å². The molecule has 0 bridgehead atoms. The summed E-state index contributed by atoms with van der Waals surface area (Å²) in [5.74, 6) is -0.213. The number of H-pyrrole nitrogens is 1. The number of aromatic amines is 1. The molecule has 3 rings (SSSR count). The van der Waals surface area contributed by atoms with E-state index in [0.717, 1.165) is 29.0 Å². The van der Waals surface area contributed by atoms with Crippen LogP contribution >= 0.6 is 0 Å². The average molecular weight is 283 g/mol. The number of aromatic nitrogens is 1. The smallest absolute Gasteiger partial charge is 0.123 e. The van der Waals surface area contributed by atoms with Crippen molar-refractivity contribution in [2.75, 3.05) is 12.4 Å². The van der Waals surface area contributed by atoms with Crippen LogP contribution in [0, 0.1) is 12.7 Å². The van der Waals surface area contributed by atoms with Crippen LogP contribution in [0.25, 0.3) is 10.9 Å². The minimum atomic E-state index is -0.213. The molecule has 0 saturated carbocycles. The fourth-order valence-electron chi connectivity index (χ4n) is 2.52. The molecular weight excluding hydrogens is 265 g/mol. The van der Waals surface area contributed by atoms with Crippen molar-refractivity contribution in [1.82, 2.24) is 10.3 Å². The largest absolute Gasteiger partial charge is 0.361 e. The Kier molecular flexibility index (Phi) is 3.62. The van der Waals surface area contributed by atoms with Gasteiger partial charge < -0.3 is 15.6 Å². The minimum Gasteiger partial charge on any atom is -0.361 e. The van der Waals surface area contributed by atoms with Crippen molar-refractivity contribution in [3.05, 3.63) is 59.5 Å². The van der Waals surface area contributed by atoms with E-state index in [1.165, 1.54) is 23.1 Å². The Bertz CT molecular complexity index is 777. The summed E-state index contributed by atoms with van der Waals surface area (Å²) in [7, 11) is 1.94. The quantitative estimate of drug-likeness (QED) is 0.675. The minimum absolute atomic E-state index is 0.213. The zero-order valence-corrected chi connectivity index (χ0v) is 12.1. The molecule has 3 N–H and O–H groups in total. The molecule has 1 aromatic heterocycles. The molecule has 0 aliphatic heterocycles. The Morgan fingerprint density at radius 3 is 2.76 bits per heavy atom. The lowest BCUT2D eigenvalue weighted by Crippen LogP contribution is -2.03. The summed E-state index contributed by atoms with van der Waals surface area (Å²) in [5.41, 5.74) is 5.12. The molecule has 3 nitrogen and oxygen atoms in total. The predicted octanol–water partition coefficient (Wildman–Crippen LogP) is 4.08. The van der Waals surface area contributed by atoms with Crippen LogP contribution in [0.4, 0.5) is 15.8 Å². The number of nitrogens with one attached hydrogen (secondary N) is 3. The molecular formula is C17H18FN3. The predicted molar refractivity (Wildman–Crippen MR) is 85.5 cm³/mol. The normalized spacial score (nSPS) is 11.0. The first-order valence-electron chi connectivity index (χ1n) is 6.95. The molecule has 0 spiro atoms. The van der Waals surface area contributed by atoms with Crippen LogP contribution < -0.4 is 10.6 Å². The van der Waals surface area contributed by atoms with Crippen LogP contribution in [0.5, 0.6) is 0 Å². The van der Waals surface area contributed by atoms with Gasteiger partial charge in [-0.15, -0.1) is 0 Å². The topological polar surface area (TPSA) is 39.9 Å². The maximum atomic E-state index is 13.1. The van der Waals surface area contributed by atoms with Crippen LogP contribution in [0.1, 0.15) is 11.1 Å². The van der Waals surface area contributed by atoms with Crippen LogP contribution in [0.2, 0.25) is 0 Å². The Morgan fingerprint density at radius 1 is 1.14 bits per heavy atom. The summed E-state index contributed by atoms with van der Waals surface area (Å²) >= 11 is 0. The lowest BCUT2D eigenvalue weighted by molar-refractivity contribution is 0.627. The number of aryl methyl sites for hydroxylation is 1. The van der Waals surface area contributed by atoms with Crippen molar-refractivity contribution in [3.63, 3.8) is 0 Å². The number of hydrogen-bond donors (Lipinski definition) is 3. The van der Waals surface area contributed by atoms with Gasteiger partial charge in [-0.3, -0.25) is 0 Å². The molecule has 0 aliphatic carbocycles. The van der Waals surface area contributed by atoms with E-state index in [-0.39, 0.29) is 5.82 Å². The van der Waals surface area contributed by atoms with Crippen molar-refractivity contribution in [2.45, 2.75) is 13.5 Å². The van der Waals surface area contributed by atoms with Gasteiger partial charge in [0.05, 0.1) is 0 Å². The van der Waals surface area contributed by atoms with Crippen LogP contribution in [0.15, 0.2) is 42.6 Å². The zero-order chi connectivity index (χ0) is 14.8. The number of anilines is 2. The summed E-state index contributed by atoms with van der Waals surface area (Å²) in [6.07, 6.45) is 2.02. The maximum Gasteiger partial charge on any atom is 0.123 e. The number of halogens is 1. The Morgan fingerprint density at radius 2 is 2.00 bits per heavy atom. The van der Waals surface area contributed by atoms with Gasteiger partial charge in [-0.1, -0.05) is 6.07 Å². The van der Waals surface area contributed by atoms with E-state index in [1.54, 1.807) is 6.07 Å². The SMILES string of the molecule is CNCc1c[nH]c2cc(Nc3ccc(F)cc3C)ccc12. The van der Waals surface area contributed by atoms with Gasteiger partial charge in [0.2, 0.25) is 0 Å². The van der Waals surface area contributed by atoms with Crippen molar-refractivity contribution in [2.24, 2.45) is 0 Å². The molecule has 0 amide bonds. The molecule has 21 heavy (non-hydrogen) atoms. The second-order valence-electron chi connectivity index (χ2n) is 5.19. The van der Waals surface area contributed by atoms with Crippen LogP contribution in [0.3, 0.4) is 0 Å². The summed E-state index contributed by atoms with van der Waals surface area (Å²) in [5, 5.41) is 7.70. The first-order valence-corrected chi connectivity index (χ1v) is 6.95. The van der Waals surface area contributed by atoms with E-state index in [0.29, 0.717) is 0 Å². The summed E-state index contributed by atoms with van der Waals surface area (Å²) in [4.78, 5) is 3.28. The fourth-order valence-corrected chi connectivity index (χ4v) is 2.52. The highest BCUT2D eigenvalue weighted by molar-refractivity contribution is 5.87. The molecule has 3 aromatic rings. The lowest BCUT2D eigenvalue weighted by Gasteiger charge is -2.10. The van der Waals surface area contributed by atoms with Gasteiger partial charge in [0.15, 0.2) is 0 Å². The molecule has 1 heterocycles. The van der Waals surface area contributed by atoms with Crippen molar-refractivity contribution in [3.8, 4) is 0 Å². The summed E-state index contributed by atoms with van der Waals surface area (Å²) in [6.45, 7) is 2.73. The second-order valence-corrected chi connectivity index (χ2v) is 5.19. The molecule has 0 fully saturated rings. The van der Waals surface area contributed by atoms with Crippen LogP contribution in [-0.4, -0.2) is 12.0 Å². The van der Waals surface area contributed by atoms with Gasteiger partial charge in [0.1, 0.15) is 5.82 Å². The number of fused-ring (bicyclic) bond motifs is 1. The first-order chi connectivity index (χ1) is 10.2. The van der Waals surface area contributed by atoms with E-state index >= 15 is 0 Å². The third-order valence-corrected chi connectivity index (χ3v) is 3.60. The summed E-state index contributed by atoms with van der Waals surface area (Å²) < 4.78 is 13.1. The second kappa shape index (κ2) is 5.58. The highest BCUT2D eigenvalue weighted by Gasteiger charge is 2.05. The number of hydrogen-bond acceptors (Lipinski definition) is 2. The molecule has 0 aliphatic rings. The Labute approximate surface area is 123 Å². The van der Waals surface area contributed by atoms with Crippen LogP contribution in [-0.2, 0) is 6.54 Å². The van der Waals surface area contributed by atoms with Gasteiger partial charge in [0, 0.05) is 35.0 Å². The Balaban J connectivity index is 1.91. The van der Waals surface area contributed by atoms with Gasteiger partial charge in [0.25, 0.3) is 0 Å². The molecule has 0 radical (unpaired) electrons. The molecule has 0 saturated heterocycles. The highest BCUT2D eigenvalue weighted by Crippen LogP contribution is 2.26. The molecule has 4 heteroatoms. The maximum absolute atomic E-state index is 13.1. The van der Waals surface area contributed by atoms with E-state index in [2.05, 4.69) is 27.8 Å². The first kappa shape index (κ1) is 13.6. The fraction of sp³-hybridized carbons (Fsp3) is 0.176. The van der Waals surface area contributed by atoms with E-state index < -0.39 is 0 Å². The van der Waals surface area contributed by atoms with E-state index in [9.17, 15) is 4.39 Å². The monoisotopic (exact) mass is 283 g/mol. The third-order valence-electron chi connectivity index (χ3n) is 3.60. The molecule has 2 aromatic carbocycles. The van der Waals surface area contributed by atoms with Gasteiger partial charge in [-0.2, -0.15) is 0 Å². The van der Waals surface area contributed by atoms with E-state index in [4.69, 9.17) is 0 Å². The molecule has 0 atom stereocenters. The number of rotatable bonds is 4. The standard InChI is InChI=1S/C17H18FN3/c1-11-7-13(18)3-6-16(11)21-14-4-5-15-12(9-19-2)10-20-17(15)8-14/h3-8,10,19-21H,9H2,1-2H3. The van der Waals surface area contributed by atoms with Crippen molar-refractivity contribution >= 4 is 22.3 Å². The Hall–Kier alpha value is -2.33. The van der Waals surface area contributed by atoms with Gasteiger partial charge in [-0.25, -0.2) is 4.39 Å². The highest BCUT2D eigenvalue weighted by atomic mass is 19.1. The number of benzene rings is 2. The lowest BCUT2D eigenvalue weighted by atomic mass is 10.1. The van der Waals surface area contributed by atoms with Crippen molar-refractivity contribution < 1.29 is 4.39 Å². The molecule has 108 valence electrons. The molecule has 0 unspecified atom stereocenters.